The second-order valence-electron chi connectivity index (χ2n) is 4.60. The van der Waals surface area contributed by atoms with Crippen molar-refractivity contribution < 1.29 is 0 Å². The van der Waals surface area contributed by atoms with Crippen LogP contribution in [-0.4, -0.2) is 25.2 Å². The summed E-state index contributed by atoms with van der Waals surface area (Å²) < 4.78 is 4.34. The minimum atomic E-state index is -0.363. The molecule has 0 aliphatic heterocycles. The van der Waals surface area contributed by atoms with Crippen LogP contribution in [0, 0.1) is 0 Å². The van der Waals surface area contributed by atoms with Crippen molar-refractivity contribution in [2.45, 2.75) is 26.3 Å². The number of aryl methyl sites for hydroxylation is 2. The normalized spacial score (nSPS) is 11.4. The van der Waals surface area contributed by atoms with E-state index in [2.05, 4.69) is 4.98 Å². The lowest BCUT2D eigenvalue weighted by atomic mass is 10.3. The number of fused-ring (bicyclic) bond motifs is 1. The molecule has 104 valence electrons. The van der Waals surface area contributed by atoms with Gasteiger partial charge in [0.05, 0.1) is 0 Å². The number of nitrogens with two attached hydrogens (primary N) is 1. The molecule has 0 spiro atoms. The molecular formula is C12H19N5O2. The Balaban J connectivity index is 2.92. The van der Waals surface area contributed by atoms with Gasteiger partial charge in [-0.1, -0.05) is 6.92 Å². The fourth-order valence-electron chi connectivity index (χ4n) is 2.28. The highest BCUT2D eigenvalue weighted by Crippen LogP contribution is 2.12. The molecule has 0 saturated heterocycles. The first-order chi connectivity index (χ1) is 9.02. The Bertz CT molecular complexity index is 722. The van der Waals surface area contributed by atoms with Crippen LogP contribution < -0.4 is 17.0 Å². The Hall–Kier alpha value is -1.89. The van der Waals surface area contributed by atoms with Crippen LogP contribution in [0.4, 0.5) is 0 Å². The average Bonchev–Trinajstić information content (AvgIpc) is 2.74. The largest absolute Gasteiger partial charge is 0.332 e. The molecule has 0 aromatic carbocycles. The maximum Gasteiger partial charge on any atom is 0.332 e. The van der Waals surface area contributed by atoms with Crippen molar-refractivity contribution in [2.24, 2.45) is 19.8 Å². The molecule has 2 aromatic heterocycles. The van der Waals surface area contributed by atoms with E-state index in [4.69, 9.17) is 5.73 Å². The SMILES string of the molecule is CCCc1nc2c(c(=O)n(C)c(=O)n2C)n1CCN. The van der Waals surface area contributed by atoms with Gasteiger partial charge in [-0.05, 0) is 6.42 Å². The summed E-state index contributed by atoms with van der Waals surface area (Å²) in [5, 5.41) is 0. The second kappa shape index (κ2) is 5.00. The summed E-state index contributed by atoms with van der Waals surface area (Å²) in [4.78, 5) is 28.6. The van der Waals surface area contributed by atoms with Crippen molar-refractivity contribution in [3.63, 3.8) is 0 Å². The zero-order chi connectivity index (χ0) is 14.2. The molecule has 0 atom stereocenters. The number of hydrogen-bond donors (Lipinski definition) is 1. The molecule has 0 saturated carbocycles. The predicted molar refractivity (Wildman–Crippen MR) is 73.3 cm³/mol. The Morgan fingerprint density at radius 3 is 2.47 bits per heavy atom. The highest BCUT2D eigenvalue weighted by atomic mass is 16.2. The lowest BCUT2D eigenvalue weighted by molar-refractivity contribution is 0.659. The Labute approximate surface area is 110 Å². The third kappa shape index (κ3) is 1.99. The Kier molecular flexibility index (Phi) is 3.57. The Morgan fingerprint density at radius 2 is 1.89 bits per heavy atom. The van der Waals surface area contributed by atoms with E-state index in [-0.39, 0.29) is 11.2 Å². The molecule has 0 unspecified atom stereocenters. The lowest BCUT2D eigenvalue weighted by Gasteiger charge is -2.07. The van der Waals surface area contributed by atoms with Gasteiger partial charge in [0, 0.05) is 33.6 Å². The number of nitrogens with zero attached hydrogens (tertiary/aromatic N) is 4. The van der Waals surface area contributed by atoms with E-state index < -0.39 is 0 Å². The van der Waals surface area contributed by atoms with Crippen LogP contribution in [0.2, 0.25) is 0 Å². The van der Waals surface area contributed by atoms with Crippen molar-refractivity contribution in [3.05, 3.63) is 26.7 Å². The van der Waals surface area contributed by atoms with Gasteiger partial charge in [-0.25, -0.2) is 9.78 Å². The van der Waals surface area contributed by atoms with E-state index in [1.165, 1.54) is 11.6 Å². The zero-order valence-corrected chi connectivity index (χ0v) is 11.5. The lowest BCUT2D eigenvalue weighted by Crippen LogP contribution is -2.37. The van der Waals surface area contributed by atoms with Gasteiger partial charge < -0.3 is 10.3 Å². The molecule has 7 nitrogen and oxygen atoms in total. The molecule has 0 aliphatic rings. The van der Waals surface area contributed by atoms with Crippen molar-refractivity contribution >= 4 is 11.2 Å². The predicted octanol–water partition coefficient (Wildman–Crippen LogP) is -0.655. The van der Waals surface area contributed by atoms with E-state index in [9.17, 15) is 9.59 Å². The van der Waals surface area contributed by atoms with Crippen molar-refractivity contribution in [1.29, 1.82) is 0 Å². The van der Waals surface area contributed by atoms with Crippen molar-refractivity contribution in [2.75, 3.05) is 6.54 Å². The minimum Gasteiger partial charge on any atom is -0.329 e. The van der Waals surface area contributed by atoms with Gasteiger partial charge in [-0.15, -0.1) is 0 Å². The van der Waals surface area contributed by atoms with Gasteiger partial charge >= 0.3 is 5.69 Å². The summed E-state index contributed by atoms with van der Waals surface area (Å²) in [6.45, 7) is 3.00. The first kappa shape index (κ1) is 13.5. The third-order valence-electron chi connectivity index (χ3n) is 3.25. The van der Waals surface area contributed by atoms with Crippen molar-refractivity contribution in [1.82, 2.24) is 18.7 Å². The van der Waals surface area contributed by atoms with Gasteiger partial charge in [0.25, 0.3) is 5.56 Å². The maximum absolute atomic E-state index is 12.3. The van der Waals surface area contributed by atoms with Crippen LogP contribution in [-0.2, 0) is 27.1 Å². The number of rotatable bonds is 4. The van der Waals surface area contributed by atoms with Crippen LogP contribution in [0.25, 0.3) is 11.2 Å². The first-order valence-electron chi connectivity index (χ1n) is 6.38. The maximum atomic E-state index is 12.3. The molecule has 7 heteroatoms. The molecule has 0 aliphatic carbocycles. The smallest absolute Gasteiger partial charge is 0.329 e. The standard InChI is InChI=1S/C12H19N5O2/c1-4-5-8-14-10-9(17(8)7-6-13)11(18)16(3)12(19)15(10)2/h4-7,13H2,1-3H3. The van der Waals surface area contributed by atoms with E-state index >= 15 is 0 Å². The monoisotopic (exact) mass is 265 g/mol. The van der Waals surface area contributed by atoms with E-state index in [1.54, 1.807) is 7.05 Å². The van der Waals surface area contributed by atoms with Crippen LogP contribution in [0.3, 0.4) is 0 Å². The Morgan fingerprint density at radius 1 is 1.21 bits per heavy atom. The molecule has 2 rings (SSSR count). The summed E-state index contributed by atoms with van der Waals surface area (Å²) in [7, 11) is 3.10. The fourth-order valence-corrected chi connectivity index (χ4v) is 2.28. The summed E-state index contributed by atoms with van der Waals surface area (Å²) in [5.41, 5.74) is 5.82. The molecular weight excluding hydrogens is 246 g/mol. The first-order valence-corrected chi connectivity index (χ1v) is 6.38. The van der Waals surface area contributed by atoms with Gasteiger partial charge in [0.15, 0.2) is 11.2 Å². The van der Waals surface area contributed by atoms with Crippen LogP contribution in [0.5, 0.6) is 0 Å². The zero-order valence-electron chi connectivity index (χ0n) is 11.5. The number of aromatic nitrogens is 4. The second-order valence-corrected chi connectivity index (χ2v) is 4.60. The summed E-state index contributed by atoms with van der Waals surface area (Å²) in [6.07, 6.45) is 1.67. The van der Waals surface area contributed by atoms with Crippen LogP contribution in [0.15, 0.2) is 9.59 Å². The van der Waals surface area contributed by atoms with Gasteiger partial charge in [0.2, 0.25) is 0 Å². The van der Waals surface area contributed by atoms with Crippen LogP contribution >= 0.6 is 0 Å². The van der Waals surface area contributed by atoms with E-state index in [0.29, 0.717) is 24.3 Å². The summed E-state index contributed by atoms with van der Waals surface area (Å²) in [5.74, 6) is 0.807. The summed E-state index contributed by atoms with van der Waals surface area (Å²) in [6, 6.07) is 0. The number of imidazole rings is 1. The van der Waals surface area contributed by atoms with E-state index in [1.807, 2.05) is 11.5 Å². The minimum absolute atomic E-state index is 0.318. The highest BCUT2D eigenvalue weighted by Gasteiger charge is 2.17. The molecule has 0 amide bonds. The molecule has 0 radical (unpaired) electrons. The molecule has 0 bridgehead atoms. The quantitative estimate of drug-likeness (QED) is 0.795. The molecule has 2 aromatic rings. The number of hydrogen-bond acceptors (Lipinski definition) is 4. The molecule has 19 heavy (non-hydrogen) atoms. The summed E-state index contributed by atoms with van der Waals surface area (Å²) >= 11 is 0. The molecule has 0 fully saturated rings. The topological polar surface area (TPSA) is 87.8 Å². The van der Waals surface area contributed by atoms with E-state index in [0.717, 1.165) is 23.2 Å². The highest BCUT2D eigenvalue weighted by molar-refractivity contribution is 5.71. The molecule has 2 N–H and O–H groups in total. The third-order valence-corrected chi connectivity index (χ3v) is 3.25. The van der Waals surface area contributed by atoms with Crippen molar-refractivity contribution in [3.8, 4) is 0 Å². The van der Waals surface area contributed by atoms with Gasteiger partial charge in [0.1, 0.15) is 5.82 Å². The average molecular weight is 265 g/mol. The van der Waals surface area contributed by atoms with Crippen LogP contribution in [0.1, 0.15) is 19.2 Å². The molecule has 2 heterocycles. The van der Waals surface area contributed by atoms with Gasteiger partial charge in [-0.2, -0.15) is 0 Å². The fraction of sp³-hybridized carbons (Fsp3) is 0.583. The van der Waals surface area contributed by atoms with Gasteiger partial charge in [-0.3, -0.25) is 13.9 Å².